The molecule has 0 radical (unpaired) electrons. The fourth-order valence-corrected chi connectivity index (χ4v) is 14.0. The minimum atomic E-state index is -1.27. The number of ether oxygens (including phenoxy) is 2. The Bertz CT molecular complexity index is 4720. The summed E-state index contributed by atoms with van der Waals surface area (Å²) in [6, 6.07) is 64.3. The van der Waals surface area contributed by atoms with Gasteiger partial charge in [0.15, 0.2) is 0 Å². The van der Waals surface area contributed by atoms with Crippen molar-refractivity contribution in [3.05, 3.63) is 229 Å². The first kappa shape index (κ1) is 136. The van der Waals surface area contributed by atoms with Crippen LogP contribution in [0.1, 0.15) is 169 Å². The van der Waals surface area contributed by atoms with E-state index in [0.717, 1.165) is 104 Å². The maximum atomic E-state index is 12.8. The molecule has 10 rings (SSSR count). The third kappa shape index (κ3) is 46.8. The van der Waals surface area contributed by atoms with Crippen LogP contribution in [0.3, 0.4) is 0 Å². The number of hydrogen-bond acceptors (Lipinski definition) is 22. The summed E-state index contributed by atoms with van der Waals surface area (Å²) in [5.74, 6) is -7.10. The molecule has 12 N–H and O–H groups in total. The minimum Gasteiger partial charge on any atom is -0.550 e. The molecule has 0 spiro atoms. The number of rotatable bonds is 42. The fraction of sp³-hybridized carbons (Fsp3) is 0.375. The average Bonchev–Trinajstić information content (AvgIpc) is 1.75. The molecule has 0 aliphatic heterocycles. The van der Waals surface area contributed by atoms with Gasteiger partial charge in [0.25, 0.3) is 0 Å². The zero-order valence-corrected chi connectivity index (χ0v) is 92.5. The first-order chi connectivity index (χ1) is 59.6. The van der Waals surface area contributed by atoms with Gasteiger partial charge in [-0.1, -0.05) is 274 Å². The molecule has 0 saturated heterocycles. The van der Waals surface area contributed by atoms with Gasteiger partial charge in [-0.25, -0.2) is 0 Å². The second-order valence-corrected chi connectivity index (χ2v) is 30.7. The summed E-state index contributed by atoms with van der Waals surface area (Å²) >= 11 is 0. The fourth-order valence-electron chi connectivity index (χ4n) is 14.0. The average molecular weight is 1920 g/mol. The number of carboxylic acids is 4. The maximum absolute atomic E-state index is 12.8. The number of nitrogens with one attached hydrogen (secondary N) is 2. The van der Waals surface area contributed by atoms with Gasteiger partial charge in [-0.15, -0.1) is 0 Å². The molecule has 39 heteroatoms. The van der Waals surface area contributed by atoms with Gasteiger partial charge in [-0.2, -0.15) is 10.4 Å². The van der Waals surface area contributed by atoms with Crippen molar-refractivity contribution >= 4 is 59.4 Å². The topological polar surface area (TPSA) is 575 Å². The number of tetrazole rings is 2. The zero-order valence-electron chi connectivity index (χ0n) is 80.5. The molecule has 0 bridgehead atoms. The molecule has 8 aromatic carbocycles. The van der Waals surface area contributed by atoms with Crippen molar-refractivity contribution in [3.8, 4) is 67.3 Å². The number of esters is 2. The van der Waals surface area contributed by atoms with Crippen LogP contribution in [0.25, 0.3) is 67.3 Å². The van der Waals surface area contributed by atoms with Crippen LogP contribution >= 0.6 is 0 Å². The van der Waals surface area contributed by atoms with Gasteiger partial charge in [0.1, 0.15) is 0 Å². The summed E-state index contributed by atoms with van der Waals surface area (Å²) in [6.45, 7) is 19.2. The molecule has 33 nitrogen and oxygen atoms in total. The number of carbonyl (C=O) groups is 10. The number of aromatic nitrogens is 8. The Kier molecular flexibility index (Phi) is 74.0. The molecular weight excluding hydrogens is 1800 g/mol. The summed E-state index contributed by atoms with van der Waals surface area (Å²) in [4.78, 5) is 122. The van der Waals surface area contributed by atoms with E-state index in [4.69, 9.17) is 9.47 Å². The number of benzene rings is 8. The van der Waals surface area contributed by atoms with E-state index in [1.807, 2.05) is 220 Å². The van der Waals surface area contributed by atoms with Crippen LogP contribution in [-0.4, -0.2) is 165 Å². The SMILES string of the molecule is CCCCC(=O)N(Cc1ccc(-c2ccccc2-c2nnn[n-]2)cc1)[C@H](C(=O)[O-])C(C)C.CCCCC(=O)N(Cc1ccc(-c2ccccc2-c2nnn[n-]2)cc1)[C@H](C(=O)[O-])C(C)C.CCOC(=O)[C@H](C)C[C@@H](Cc1ccc(-c2ccccc2)cc1)NC(=O)CCC(=O)[O-].CCOC(=O)[C@H](C)C[C@@H](Cc1ccc(-c2ccccc2)cc1)NC(=O)CCC(=O)[O-].O.O.O.O.O.[Na+].[Na+].[Na+].[Na+].[Na+].[Na+]. The smallest absolute Gasteiger partial charge is 0.550 e. The first-order valence-corrected chi connectivity index (χ1v) is 42.0. The van der Waals surface area contributed by atoms with Crippen LogP contribution < -0.4 is 219 Å². The third-order valence-corrected chi connectivity index (χ3v) is 20.3. The molecule has 4 amide bonds. The molecule has 2 aromatic heterocycles. The predicted octanol–water partition coefficient (Wildman–Crippen LogP) is -12.2. The van der Waals surface area contributed by atoms with Crippen molar-refractivity contribution < 1.29 is 283 Å². The van der Waals surface area contributed by atoms with Crippen molar-refractivity contribution in [2.45, 2.75) is 196 Å². The van der Waals surface area contributed by atoms with Crippen LogP contribution in [0.2, 0.25) is 0 Å². The number of amides is 4. The molecule has 696 valence electrons. The van der Waals surface area contributed by atoms with Crippen LogP contribution in [0.15, 0.2) is 206 Å². The van der Waals surface area contributed by atoms with Crippen LogP contribution in [0, 0.1) is 23.7 Å². The van der Waals surface area contributed by atoms with Crippen molar-refractivity contribution in [3.63, 3.8) is 0 Å². The van der Waals surface area contributed by atoms with Crippen molar-refractivity contribution in [2.75, 3.05) is 13.2 Å². The second-order valence-electron chi connectivity index (χ2n) is 30.7. The monoisotopic (exact) mass is 1910 g/mol. The molecular formula is C96H120N12Na6O21. The van der Waals surface area contributed by atoms with Gasteiger partial charge in [0, 0.05) is 74.4 Å². The van der Waals surface area contributed by atoms with Gasteiger partial charge in [0.2, 0.25) is 23.6 Å². The molecule has 2 heterocycles. The Morgan fingerprint density at radius 3 is 0.904 bits per heavy atom. The van der Waals surface area contributed by atoms with E-state index in [-0.39, 0.29) is 315 Å². The Morgan fingerprint density at radius 1 is 0.356 bits per heavy atom. The van der Waals surface area contributed by atoms with Crippen molar-refractivity contribution in [1.29, 1.82) is 0 Å². The third-order valence-electron chi connectivity index (χ3n) is 20.3. The van der Waals surface area contributed by atoms with E-state index in [1.165, 1.54) is 9.80 Å². The Labute approximate surface area is 922 Å². The largest absolute Gasteiger partial charge is 1.00 e. The molecule has 0 aliphatic rings. The zero-order chi connectivity index (χ0) is 90.0. The number of nitrogens with zero attached hydrogens (tertiary/aromatic N) is 10. The van der Waals surface area contributed by atoms with Gasteiger partial charge in [-0.05, 0) is 155 Å². The van der Waals surface area contributed by atoms with Gasteiger partial charge >= 0.3 is 189 Å². The number of aliphatic carboxylic acids is 4. The Balaban J connectivity index is -0.000000542. The molecule has 0 aliphatic carbocycles. The summed E-state index contributed by atoms with van der Waals surface area (Å²) in [5, 5.41) is 80.6. The summed E-state index contributed by atoms with van der Waals surface area (Å²) in [6.07, 6.45) is 4.67. The molecule has 10 aromatic rings. The molecule has 0 fully saturated rings. The van der Waals surface area contributed by atoms with Crippen molar-refractivity contribution in [1.82, 2.24) is 61.7 Å². The summed E-state index contributed by atoms with van der Waals surface area (Å²) in [5.41, 5.74) is 13.5. The van der Waals surface area contributed by atoms with Crippen LogP contribution in [-0.2, 0) is 83.4 Å². The number of carbonyl (C=O) groups excluding carboxylic acids is 10. The quantitative estimate of drug-likeness (QED) is 0.0265. The molecule has 0 saturated carbocycles. The predicted molar refractivity (Wildman–Crippen MR) is 478 cm³/mol. The number of unbranched alkanes of at least 4 members (excludes halogenated alkanes) is 2. The van der Waals surface area contributed by atoms with Gasteiger partial charge in [0.05, 0.1) is 49.1 Å². The second kappa shape index (κ2) is 73.5. The van der Waals surface area contributed by atoms with E-state index in [9.17, 15) is 68.4 Å². The van der Waals surface area contributed by atoms with E-state index in [0.29, 0.717) is 63.4 Å². The molecule has 0 unspecified atom stereocenters. The maximum Gasteiger partial charge on any atom is 1.00 e. The van der Waals surface area contributed by atoms with Gasteiger partial charge < -0.3 is 107 Å². The van der Waals surface area contributed by atoms with Gasteiger partial charge in [-0.3, -0.25) is 49.4 Å². The Hall–Kier alpha value is -7.60. The summed E-state index contributed by atoms with van der Waals surface area (Å²) < 4.78 is 10.1. The summed E-state index contributed by atoms with van der Waals surface area (Å²) in [7, 11) is 0. The van der Waals surface area contributed by atoms with E-state index >= 15 is 0 Å². The van der Waals surface area contributed by atoms with E-state index < -0.39 is 36.0 Å². The number of carboxylic acid groups (broad SMARTS) is 4. The Morgan fingerprint density at radius 2 is 0.637 bits per heavy atom. The molecule has 6 atom stereocenters. The minimum absolute atomic E-state index is 0. The van der Waals surface area contributed by atoms with Crippen molar-refractivity contribution in [2.24, 2.45) is 23.7 Å². The molecule has 135 heavy (non-hydrogen) atoms. The van der Waals surface area contributed by atoms with E-state index in [2.05, 4.69) is 51.9 Å². The van der Waals surface area contributed by atoms with Crippen LogP contribution in [0.4, 0.5) is 0 Å². The normalized spacial score (nSPS) is 11.3. The number of hydrogen-bond donors (Lipinski definition) is 2. The van der Waals surface area contributed by atoms with E-state index in [1.54, 1.807) is 55.4 Å². The standard InChI is InChI=1S/2C24H29N5O3.2C24H29NO5.6Na.5H2O/c2*1-4-5-10-21(30)29(22(16(2)3)24(31)32)15-17-11-13-18(14-12-17)19-8-6-7-9-20(19)23-25-27-28-26-23;2*1-3-30-24(29)17(2)15-21(25-22(26)13-14-23(27)28)16-18-9-11-20(12-10-18)19-7-5-4-6-8-19;;;;;;;;;;;/h2*6-9,11-14,16,22H,4-5,10,15H2,1-3H3,(H2,25,26,27,28,31,32);2*4-12,17,21H,3,13-16H2,1-2H3,(H,25,26)(H,27,28);;;;;;;5*1H2/q;;;;6*+1;;;;;/p-6/t2*22-;2*17-,21+;;;;;;;;;;;/m0011.........../s1. The first-order valence-electron chi connectivity index (χ1n) is 42.0. The van der Waals surface area contributed by atoms with Crippen LogP contribution in [0.5, 0.6) is 0 Å².